The Labute approximate surface area is 161 Å². The van der Waals surface area contributed by atoms with Crippen molar-refractivity contribution in [2.24, 2.45) is 4.99 Å². The highest BCUT2D eigenvalue weighted by Gasteiger charge is 2.05. The van der Waals surface area contributed by atoms with Gasteiger partial charge in [0, 0.05) is 25.5 Å². The standard InChI is InChI=1S/C22H27N5/c1-3-23-22(24-15-19-9-6-8-18(2)14-19)25-16-20-10-4-5-11-21(20)17-27-13-7-12-26-27/h4-14H,3,15-17H2,1-2H3,(H2,23,24,25). The van der Waals surface area contributed by atoms with Crippen LogP contribution in [0, 0.1) is 6.92 Å². The summed E-state index contributed by atoms with van der Waals surface area (Å²) in [5.74, 6) is 0.827. The van der Waals surface area contributed by atoms with Gasteiger partial charge in [-0.05, 0) is 36.6 Å². The number of hydrogen-bond donors (Lipinski definition) is 2. The van der Waals surface area contributed by atoms with E-state index in [1.807, 2.05) is 23.1 Å². The molecular weight excluding hydrogens is 334 g/mol. The molecule has 1 aromatic heterocycles. The molecule has 0 saturated carbocycles. The highest BCUT2D eigenvalue weighted by molar-refractivity contribution is 5.79. The van der Waals surface area contributed by atoms with E-state index < -0.39 is 0 Å². The molecular formula is C22H27N5. The van der Waals surface area contributed by atoms with Gasteiger partial charge in [-0.3, -0.25) is 4.68 Å². The van der Waals surface area contributed by atoms with Crippen LogP contribution in [-0.2, 0) is 19.6 Å². The van der Waals surface area contributed by atoms with E-state index in [1.54, 1.807) is 0 Å². The lowest BCUT2D eigenvalue weighted by atomic mass is 10.1. The molecule has 27 heavy (non-hydrogen) atoms. The Hall–Kier alpha value is -3.08. The van der Waals surface area contributed by atoms with Crippen molar-refractivity contribution in [2.75, 3.05) is 6.54 Å². The quantitative estimate of drug-likeness (QED) is 0.500. The average Bonchev–Trinajstić information content (AvgIpc) is 3.18. The summed E-state index contributed by atoms with van der Waals surface area (Å²) in [6.07, 6.45) is 3.79. The van der Waals surface area contributed by atoms with E-state index in [0.29, 0.717) is 6.54 Å². The lowest BCUT2D eigenvalue weighted by molar-refractivity contribution is 0.677. The number of guanidine groups is 1. The van der Waals surface area contributed by atoms with Crippen molar-refractivity contribution < 1.29 is 0 Å². The molecule has 0 bridgehead atoms. The zero-order valence-electron chi connectivity index (χ0n) is 16.0. The van der Waals surface area contributed by atoms with Gasteiger partial charge >= 0.3 is 0 Å². The lowest BCUT2D eigenvalue weighted by Crippen LogP contribution is -2.37. The monoisotopic (exact) mass is 361 g/mol. The predicted molar refractivity (Wildman–Crippen MR) is 111 cm³/mol. The number of aromatic nitrogens is 2. The van der Waals surface area contributed by atoms with Gasteiger partial charge in [0.05, 0.1) is 13.1 Å². The van der Waals surface area contributed by atoms with E-state index in [1.165, 1.54) is 22.3 Å². The number of aliphatic imine (C=N–C) groups is 1. The van der Waals surface area contributed by atoms with Crippen molar-refractivity contribution in [3.05, 3.63) is 89.2 Å². The normalized spacial score (nSPS) is 11.4. The van der Waals surface area contributed by atoms with Gasteiger partial charge in [0.15, 0.2) is 5.96 Å². The minimum Gasteiger partial charge on any atom is -0.357 e. The Kier molecular flexibility index (Phi) is 6.63. The van der Waals surface area contributed by atoms with Gasteiger partial charge in [-0.2, -0.15) is 5.10 Å². The zero-order valence-corrected chi connectivity index (χ0v) is 16.0. The Bertz CT molecular complexity index is 868. The van der Waals surface area contributed by atoms with Gasteiger partial charge in [0.2, 0.25) is 0 Å². The number of hydrogen-bond acceptors (Lipinski definition) is 2. The van der Waals surface area contributed by atoms with Crippen LogP contribution in [0.25, 0.3) is 0 Å². The largest absolute Gasteiger partial charge is 0.357 e. The molecule has 5 nitrogen and oxygen atoms in total. The fourth-order valence-corrected chi connectivity index (χ4v) is 2.95. The van der Waals surface area contributed by atoms with E-state index in [9.17, 15) is 0 Å². The van der Waals surface area contributed by atoms with Crippen molar-refractivity contribution in [1.29, 1.82) is 0 Å². The Morgan fingerprint density at radius 1 is 1.04 bits per heavy atom. The Balaban J connectivity index is 1.66. The fraction of sp³-hybridized carbons (Fsp3) is 0.273. The van der Waals surface area contributed by atoms with Crippen molar-refractivity contribution >= 4 is 5.96 Å². The molecule has 2 aromatic carbocycles. The first-order valence-electron chi connectivity index (χ1n) is 9.36. The van der Waals surface area contributed by atoms with Crippen molar-refractivity contribution in [3.8, 4) is 0 Å². The number of nitrogens with one attached hydrogen (secondary N) is 2. The summed E-state index contributed by atoms with van der Waals surface area (Å²) in [4.78, 5) is 4.72. The smallest absolute Gasteiger partial charge is 0.191 e. The van der Waals surface area contributed by atoms with E-state index in [4.69, 9.17) is 4.99 Å². The van der Waals surface area contributed by atoms with Crippen molar-refractivity contribution in [3.63, 3.8) is 0 Å². The highest BCUT2D eigenvalue weighted by atomic mass is 15.3. The van der Waals surface area contributed by atoms with Crippen LogP contribution in [0.15, 0.2) is 72.0 Å². The summed E-state index contributed by atoms with van der Waals surface area (Å²) in [6.45, 7) is 7.15. The van der Waals surface area contributed by atoms with Crippen LogP contribution in [0.1, 0.15) is 29.2 Å². The molecule has 0 amide bonds. The summed E-state index contributed by atoms with van der Waals surface area (Å²) in [7, 11) is 0. The van der Waals surface area contributed by atoms with Crippen LogP contribution >= 0.6 is 0 Å². The first-order valence-corrected chi connectivity index (χ1v) is 9.36. The second-order valence-corrected chi connectivity index (χ2v) is 6.51. The van der Waals surface area contributed by atoms with Crippen LogP contribution in [-0.4, -0.2) is 22.3 Å². The topological polar surface area (TPSA) is 54.2 Å². The second kappa shape index (κ2) is 9.57. The van der Waals surface area contributed by atoms with Crippen LogP contribution in [0.2, 0.25) is 0 Å². The van der Waals surface area contributed by atoms with E-state index in [-0.39, 0.29) is 0 Å². The summed E-state index contributed by atoms with van der Waals surface area (Å²) in [6, 6.07) is 18.8. The van der Waals surface area contributed by atoms with Crippen molar-refractivity contribution in [2.45, 2.75) is 33.5 Å². The predicted octanol–water partition coefficient (Wildman–Crippen LogP) is 3.50. The molecule has 0 fully saturated rings. The third kappa shape index (κ3) is 5.71. The van der Waals surface area contributed by atoms with E-state index in [2.05, 4.69) is 78.1 Å². The second-order valence-electron chi connectivity index (χ2n) is 6.51. The van der Waals surface area contributed by atoms with E-state index in [0.717, 1.165) is 25.6 Å². The molecule has 0 saturated heterocycles. The van der Waals surface area contributed by atoms with Gasteiger partial charge < -0.3 is 10.6 Å². The van der Waals surface area contributed by atoms with Gasteiger partial charge in [0.25, 0.3) is 0 Å². The molecule has 0 atom stereocenters. The van der Waals surface area contributed by atoms with Crippen LogP contribution < -0.4 is 10.6 Å². The maximum absolute atomic E-state index is 4.72. The third-order valence-corrected chi connectivity index (χ3v) is 4.30. The minimum atomic E-state index is 0.659. The lowest BCUT2D eigenvalue weighted by Gasteiger charge is -2.14. The Morgan fingerprint density at radius 3 is 2.63 bits per heavy atom. The molecule has 1 heterocycles. The Morgan fingerprint density at radius 2 is 1.89 bits per heavy atom. The third-order valence-electron chi connectivity index (χ3n) is 4.30. The molecule has 140 valence electrons. The minimum absolute atomic E-state index is 0.659. The highest BCUT2D eigenvalue weighted by Crippen LogP contribution is 2.10. The number of nitrogens with zero attached hydrogens (tertiary/aromatic N) is 3. The summed E-state index contributed by atoms with van der Waals surface area (Å²) >= 11 is 0. The van der Waals surface area contributed by atoms with Crippen LogP contribution in [0.5, 0.6) is 0 Å². The van der Waals surface area contributed by atoms with E-state index >= 15 is 0 Å². The maximum atomic E-state index is 4.72. The molecule has 0 radical (unpaired) electrons. The molecule has 0 aliphatic carbocycles. The molecule has 3 aromatic rings. The fourth-order valence-electron chi connectivity index (χ4n) is 2.95. The molecule has 0 unspecified atom stereocenters. The average molecular weight is 361 g/mol. The number of rotatable bonds is 7. The van der Waals surface area contributed by atoms with Gasteiger partial charge in [-0.1, -0.05) is 54.1 Å². The van der Waals surface area contributed by atoms with Crippen molar-refractivity contribution in [1.82, 2.24) is 20.4 Å². The van der Waals surface area contributed by atoms with Crippen LogP contribution in [0.3, 0.4) is 0 Å². The van der Waals surface area contributed by atoms with Gasteiger partial charge in [-0.15, -0.1) is 0 Å². The number of benzene rings is 2. The first kappa shape index (κ1) is 18.7. The molecule has 3 rings (SSSR count). The summed E-state index contributed by atoms with van der Waals surface area (Å²) in [5, 5.41) is 11.1. The molecule has 0 aliphatic rings. The van der Waals surface area contributed by atoms with Gasteiger partial charge in [-0.25, -0.2) is 4.99 Å². The zero-order chi connectivity index (χ0) is 18.9. The maximum Gasteiger partial charge on any atom is 0.191 e. The summed E-state index contributed by atoms with van der Waals surface area (Å²) < 4.78 is 1.94. The first-order chi connectivity index (χ1) is 13.2. The summed E-state index contributed by atoms with van der Waals surface area (Å²) in [5.41, 5.74) is 4.97. The molecule has 2 N–H and O–H groups in total. The molecule has 0 aliphatic heterocycles. The molecule has 0 spiro atoms. The number of aryl methyl sites for hydroxylation is 1. The van der Waals surface area contributed by atoms with Crippen LogP contribution in [0.4, 0.5) is 0 Å². The molecule has 5 heteroatoms. The van der Waals surface area contributed by atoms with Gasteiger partial charge in [0.1, 0.15) is 0 Å². The SMILES string of the molecule is CCNC(=NCc1cccc(C)c1)NCc1ccccc1Cn1cccn1.